The van der Waals surface area contributed by atoms with Gasteiger partial charge in [0.2, 0.25) is 5.90 Å². The second-order valence-electron chi connectivity index (χ2n) is 5.80. The molecule has 2 heterocycles. The maximum atomic E-state index is 5.66. The van der Waals surface area contributed by atoms with Crippen LogP contribution < -0.4 is 4.74 Å². The van der Waals surface area contributed by atoms with Gasteiger partial charge in [0.05, 0.1) is 23.9 Å². The first-order valence-electron chi connectivity index (χ1n) is 7.01. The van der Waals surface area contributed by atoms with Crippen molar-refractivity contribution in [3.8, 4) is 17.0 Å². The van der Waals surface area contributed by atoms with Crippen molar-refractivity contribution < 1.29 is 9.47 Å². The van der Waals surface area contributed by atoms with E-state index < -0.39 is 0 Å². The number of hydrogen-bond acceptors (Lipinski definition) is 4. The number of benzene rings is 1. The molecule has 0 saturated carbocycles. The van der Waals surface area contributed by atoms with Crippen LogP contribution in [-0.4, -0.2) is 30.1 Å². The number of halogens is 1. The standard InChI is InChI=1S/C17H17BrN2O2/c1-17(2)10-22-16(20-17)12-8-14(18)15(19-9-12)11-4-6-13(21-3)7-5-11/h4-9H,10H2,1-3H3. The lowest BCUT2D eigenvalue weighted by Gasteiger charge is -2.08. The second kappa shape index (κ2) is 5.72. The maximum absolute atomic E-state index is 5.66. The van der Waals surface area contributed by atoms with Crippen LogP contribution in [0, 0.1) is 0 Å². The van der Waals surface area contributed by atoms with Crippen LogP contribution in [-0.2, 0) is 4.74 Å². The van der Waals surface area contributed by atoms with Crippen molar-refractivity contribution in [1.82, 2.24) is 4.98 Å². The van der Waals surface area contributed by atoms with Gasteiger partial charge in [0.25, 0.3) is 0 Å². The molecule has 0 unspecified atom stereocenters. The van der Waals surface area contributed by atoms with Crippen LogP contribution in [0.3, 0.4) is 0 Å². The number of aromatic nitrogens is 1. The lowest BCUT2D eigenvalue weighted by Crippen LogP contribution is -2.17. The Hall–Kier alpha value is -1.88. The van der Waals surface area contributed by atoms with Crippen LogP contribution in [0.1, 0.15) is 19.4 Å². The lowest BCUT2D eigenvalue weighted by atomic mass is 10.1. The summed E-state index contributed by atoms with van der Waals surface area (Å²) in [4.78, 5) is 9.12. The van der Waals surface area contributed by atoms with Gasteiger partial charge in [0.1, 0.15) is 12.4 Å². The van der Waals surface area contributed by atoms with Gasteiger partial charge in [0.15, 0.2) is 0 Å². The molecule has 1 aromatic carbocycles. The Balaban J connectivity index is 1.92. The van der Waals surface area contributed by atoms with E-state index in [-0.39, 0.29) is 5.54 Å². The number of methoxy groups -OCH3 is 1. The molecule has 0 bridgehead atoms. The van der Waals surface area contributed by atoms with Gasteiger partial charge in [0, 0.05) is 16.2 Å². The predicted molar refractivity (Wildman–Crippen MR) is 90.5 cm³/mol. The number of ether oxygens (including phenoxy) is 2. The monoisotopic (exact) mass is 360 g/mol. The fourth-order valence-electron chi connectivity index (χ4n) is 2.25. The highest BCUT2D eigenvalue weighted by atomic mass is 79.9. The van der Waals surface area contributed by atoms with Gasteiger partial charge in [-0.1, -0.05) is 0 Å². The third-order valence-corrected chi connectivity index (χ3v) is 4.02. The van der Waals surface area contributed by atoms with Crippen molar-refractivity contribution >= 4 is 21.8 Å². The zero-order valence-corrected chi connectivity index (χ0v) is 14.3. The normalized spacial score (nSPS) is 16.1. The Morgan fingerprint density at radius 2 is 1.91 bits per heavy atom. The summed E-state index contributed by atoms with van der Waals surface area (Å²) in [6.07, 6.45) is 1.80. The van der Waals surface area contributed by atoms with E-state index in [4.69, 9.17) is 9.47 Å². The van der Waals surface area contributed by atoms with Crippen LogP contribution in [0.25, 0.3) is 11.3 Å². The molecule has 1 aliphatic heterocycles. The summed E-state index contributed by atoms with van der Waals surface area (Å²) in [5.74, 6) is 1.48. The van der Waals surface area contributed by atoms with Gasteiger partial charge in [-0.05, 0) is 60.1 Å². The van der Waals surface area contributed by atoms with Crippen molar-refractivity contribution in [2.24, 2.45) is 4.99 Å². The van der Waals surface area contributed by atoms with Gasteiger partial charge in [-0.3, -0.25) is 4.98 Å². The first kappa shape index (κ1) is 15.0. The van der Waals surface area contributed by atoms with E-state index in [1.165, 1.54) is 0 Å². The topological polar surface area (TPSA) is 43.7 Å². The minimum Gasteiger partial charge on any atom is -0.497 e. The van der Waals surface area contributed by atoms with Crippen LogP contribution in [0.5, 0.6) is 5.75 Å². The largest absolute Gasteiger partial charge is 0.497 e. The fourth-order valence-corrected chi connectivity index (χ4v) is 2.83. The van der Waals surface area contributed by atoms with Crippen LogP contribution in [0.2, 0.25) is 0 Å². The Labute approximate surface area is 138 Å². The summed E-state index contributed by atoms with van der Waals surface area (Å²) in [6, 6.07) is 9.80. The summed E-state index contributed by atoms with van der Waals surface area (Å²) >= 11 is 3.59. The van der Waals surface area contributed by atoms with Crippen molar-refractivity contribution in [3.63, 3.8) is 0 Å². The number of pyridine rings is 1. The highest BCUT2D eigenvalue weighted by Crippen LogP contribution is 2.29. The molecule has 4 nitrogen and oxygen atoms in total. The zero-order chi connectivity index (χ0) is 15.7. The molecule has 0 amide bonds. The molecule has 0 N–H and O–H groups in total. The van der Waals surface area contributed by atoms with E-state index >= 15 is 0 Å². The van der Waals surface area contributed by atoms with Gasteiger partial charge in [-0.2, -0.15) is 0 Å². The van der Waals surface area contributed by atoms with Crippen LogP contribution in [0.4, 0.5) is 0 Å². The molecule has 0 fully saturated rings. The summed E-state index contributed by atoms with van der Waals surface area (Å²) < 4.78 is 11.7. The van der Waals surface area contributed by atoms with E-state index in [0.29, 0.717) is 12.5 Å². The number of rotatable bonds is 3. The Morgan fingerprint density at radius 1 is 1.18 bits per heavy atom. The quantitative estimate of drug-likeness (QED) is 0.828. The molecular formula is C17H17BrN2O2. The van der Waals surface area contributed by atoms with E-state index in [0.717, 1.165) is 27.0 Å². The number of nitrogens with zero attached hydrogens (tertiary/aromatic N) is 2. The molecule has 1 aromatic heterocycles. The fraction of sp³-hybridized carbons (Fsp3) is 0.294. The maximum Gasteiger partial charge on any atom is 0.218 e. The average molecular weight is 361 g/mol. The molecule has 5 heteroatoms. The average Bonchev–Trinajstić information content (AvgIpc) is 2.87. The van der Waals surface area contributed by atoms with Crippen molar-refractivity contribution in [1.29, 1.82) is 0 Å². The van der Waals surface area contributed by atoms with Crippen molar-refractivity contribution in [2.45, 2.75) is 19.4 Å². The zero-order valence-electron chi connectivity index (χ0n) is 12.8. The Kier molecular flexibility index (Phi) is 3.91. The van der Waals surface area contributed by atoms with Gasteiger partial charge in [-0.15, -0.1) is 0 Å². The van der Waals surface area contributed by atoms with E-state index in [9.17, 15) is 0 Å². The van der Waals surface area contributed by atoms with E-state index in [1.54, 1.807) is 13.3 Å². The third-order valence-electron chi connectivity index (χ3n) is 3.42. The summed E-state index contributed by atoms with van der Waals surface area (Å²) in [5.41, 5.74) is 2.61. The molecule has 0 saturated heterocycles. The minimum absolute atomic E-state index is 0.170. The highest BCUT2D eigenvalue weighted by molar-refractivity contribution is 9.10. The molecule has 114 valence electrons. The van der Waals surface area contributed by atoms with E-state index in [1.807, 2.05) is 44.2 Å². The first-order chi connectivity index (χ1) is 10.5. The second-order valence-corrected chi connectivity index (χ2v) is 6.66. The van der Waals surface area contributed by atoms with Crippen LogP contribution >= 0.6 is 15.9 Å². The molecule has 0 radical (unpaired) electrons. The molecule has 2 aromatic rings. The van der Waals surface area contributed by atoms with Gasteiger partial charge < -0.3 is 9.47 Å². The summed E-state index contributed by atoms with van der Waals surface area (Å²) in [7, 11) is 1.65. The molecule has 0 atom stereocenters. The molecular weight excluding hydrogens is 344 g/mol. The molecule has 1 aliphatic rings. The predicted octanol–water partition coefficient (Wildman–Crippen LogP) is 4.08. The van der Waals surface area contributed by atoms with Crippen molar-refractivity contribution in [3.05, 3.63) is 46.6 Å². The molecule has 0 aliphatic carbocycles. The van der Waals surface area contributed by atoms with Crippen LogP contribution in [0.15, 0.2) is 46.0 Å². The number of hydrogen-bond donors (Lipinski definition) is 0. The highest BCUT2D eigenvalue weighted by Gasteiger charge is 2.27. The summed E-state index contributed by atoms with van der Waals surface area (Å²) in [5, 5.41) is 0. The minimum atomic E-state index is -0.170. The molecule has 0 spiro atoms. The SMILES string of the molecule is COc1ccc(-c2ncc(C3=NC(C)(C)CO3)cc2Br)cc1. The Morgan fingerprint density at radius 3 is 2.45 bits per heavy atom. The molecule has 22 heavy (non-hydrogen) atoms. The third kappa shape index (κ3) is 2.99. The first-order valence-corrected chi connectivity index (χ1v) is 7.81. The lowest BCUT2D eigenvalue weighted by molar-refractivity contribution is 0.279. The summed E-state index contributed by atoms with van der Waals surface area (Å²) in [6.45, 7) is 4.70. The smallest absolute Gasteiger partial charge is 0.218 e. The Bertz CT molecular complexity index is 724. The molecule has 3 rings (SSSR count). The van der Waals surface area contributed by atoms with Gasteiger partial charge >= 0.3 is 0 Å². The van der Waals surface area contributed by atoms with Gasteiger partial charge in [-0.25, -0.2) is 4.99 Å². The number of aliphatic imine (C=N–C) groups is 1. The van der Waals surface area contributed by atoms with E-state index in [2.05, 4.69) is 25.9 Å². The van der Waals surface area contributed by atoms with Crippen molar-refractivity contribution in [2.75, 3.05) is 13.7 Å².